The van der Waals surface area contributed by atoms with Gasteiger partial charge in [0.1, 0.15) is 5.82 Å². The van der Waals surface area contributed by atoms with Gasteiger partial charge in [0.25, 0.3) is 5.91 Å². The molecule has 0 spiro atoms. The highest BCUT2D eigenvalue weighted by molar-refractivity contribution is 6.06. The topological polar surface area (TPSA) is 54.9 Å². The van der Waals surface area contributed by atoms with Gasteiger partial charge in [-0.15, -0.1) is 0 Å². The third-order valence-corrected chi connectivity index (χ3v) is 5.96. The summed E-state index contributed by atoms with van der Waals surface area (Å²) >= 11 is 0. The quantitative estimate of drug-likeness (QED) is 0.253. The molecule has 204 valence electrons. The number of para-hydroxylation sites is 1. The first-order valence-corrected chi connectivity index (χ1v) is 11.8. The summed E-state index contributed by atoms with van der Waals surface area (Å²) in [7, 11) is 0. The molecule has 4 nitrogen and oxygen atoms in total. The number of carbonyl (C=O) groups is 1. The zero-order valence-electron chi connectivity index (χ0n) is 20.7. The Bertz CT molecular complexity index is 1510. The van der Waals surface area contributed by atoms with Crippen LogP contribution < -0.4 is 5.32 Å². The number of rotatable bonds is 6. The van der Waals surface area contributed by atoms with E-state index in [9.17, 15) is 35.5 Å². The summed E-state index contributed by atoms with van der Waals surface area (Å²) < 4.78 is 95.6. The third-order valence-electron chi connectivity index (χ3n) is 5.96. The minimum absolute atomic E-state index is 0.0955. The Morgan fingerprint density at radius 3 is 2.23 bits per heavy atom. The van der Waals surface area contributed by atoms with Crippen LogP contribution in [0.3, 0.4) is 0 Å². The van der Waals surface area contributed by atoms with Crippen LogP contribution in [0.1, 0.15) is 58.3 Å². The summed E-state index contributed by atoms with van der Waals surface area (Å²) in [6, 6.07) is 9.92. The summed E-state index contributed by atoms with van der Waals surface area (Å²) in [5.74, 6) is -2.35. The van der Waals surface area contributed by atoms with Crippen molar-refractivity contribution < 1.29 is 35.5 Å². The van der Waals surface area contributed by atoms with E-state index in [1.54, 1.807) is 24.3 Å². The smallest absolute Gasteiger partial charge is 0.339 e. The van der Waals surface area contributed by atoms with E-state index in [2.05, 4.69) is 15.3 Å². The maximum absolute atomic E-state index is 14.5. The number of fused-ring (bicyclic) bond motifs is 1. The number of halogens is 7. The molecule has 1 N–H and O–H groups in total. The first-order chi connectivity index (χ1) is 18.3. The molecule has 1 amide bonds. The van der Waals surface area contributed by atoms with Gasteiger partial charge < -0.3 is 5.32 Å². The zero-order chi connectivity index (χ0) is 28.5. The van der Waals surface area contributed by atoms with Crippen LogP contribution in [-0.4, -0.2) is 15.9 Å². The van der Waals surface area contributed by atoms with Gasteiger partial charge in [0.15, 0.2) is 0 Å². The van der Waals surface area contributed by atoms with Crippen molar-refractivity contribution in [3.63, 3.8) is 0 Å². The SMILES string of the molecule is CC(C)Cc1cc(C(=O)N[C@@H](c2ccc(C(F)(F)F)c(F)c2)c2ncccc2C(F)(F)F)c2ccccc2n1. The molecule has 0 saturated heterocycles. The molecular formula is C28H22F7N3O. The Hall–Kier alpha value is -4.02. The lowest BCUT2D eigenvalue weighted by molar-refractivity contribution is -0.140. The molecule has 0 bridgehead atoms. The summed E-state index contributed by atoms with van der Waals surface area (Å²) in [5.41, 5.74) is -2.72. The third kappa shape index (κ3) is 6.18. The van der Waals surface area contributed by atoms with Gasteiger partial charge in [-0.2, -0.15) is 26.3 Å². The number of hydrogen-bond acceptors (Lipinski definition) is 3. The van der Waals surface area contributed by atoms with E-state index < -0.39 is 46.9 Å². The monoisotopic (exact) mass is 549 g/mol. The van der Waals surface area contributed by atoms with Gasteiger partial charge in [-0.1, -0.05) is 38.1 Å². The molecule has 0 aliphatic heterocycles. The molecule has 39 heavy (non-hydrogen) atoms. The Kier molecular flexibility index (Phi) is 7.63. The predicted octanol–water partition coefficient (Wildman–Crippen LogP) is 7.52. The van der Waals surface area contributed by atoms with Gasteiger partial charge >= 0.3 is 12.4 Å². The van der Waals surface area contributed by atoms with Crippen molar-refractivity contribution in [2.75, 3.05) is 0 Å². The lowest BCUT2D eigenvalue weighted by atomic mass is 9.96. The average Bonchev–Trinajstić information content (AvgIpc) is 2.85. The van der Waals surface area contributed by atoms with E-state index in [0.717, 1.165) is 24.4 Å². The second-order valence-electron chi connectivity index (χ2n) is 9.35. The number of aromatic nitrogens is 2. The number of pyridine rings is 2. The molecular weight excluding hydrogens is 527 g/mol. The van der Waals surface area contributed by atoms with Gasteiger partial charge in [0, 0.05) is 17.3 Å². The van der Waals surface area contributed by atoms with Crippen molar-refractivity contribution in [3.05, 3.63) is 106 Å². The first-order valence-electron chi connectivity index (χ1n) is 11.8. The van der Waals surface area contributed by atoms with Crippen LogP contribution >= 0.6 is 0 Å². The van der Waals surface area contributed by atoms with Crippen LogP contribution in [0, 0.1) is 11.7 Å². The fourth-order valence-electron chi connectivity index (χ4n) is 4.29. The Balaban J connectivity index is 1.87. The van der Waals surface area contributed by atoms with Gasteiger partial charge in [-0.25, -0.2) is 4.39 Å². The van der Waals surface area contributed by atoms with E-state index in [1.807, 2.05) is 13.8 Å². The van der Waals surface area contributed by atoms with Crippen molar-refractivity contribution >= 4 is 16.8 Å². The minimum Gasteiger partial charge on any atom is -0.339 e. The summed E-state index contributed by atoms with van der Waals surface area (Å²) in [6.07, 6.45) is -8.37. The molecule has 11 heteroatoms. The van der Waals surface area contributed by atoms with Crippen LogP contribution in [0.25, 0.3) is 10.9 Å². The number of alkyl halides is 6. The molecule has 4 rings (SSSR count). The van der Waals surface area contributed by atoms with Crippen LogP contribution in [0.4, 0.5) is 30.7 Å². The zero-order valence-corrected chi connectivity index (χ0v) is 20.7. The highest BCUT2D eigenvalue weighted by Crippen LogP contribution is 2.37. The second kappa shape index (κ2) is 10.6. The summed E-state index contributed by atoms with van der Waals surface area (Å²) in [4.78, 5) is 21.9. The van der Waals surface area contributed by atoms with E-state index >= 15 is 0 Å². The van der Waals surface area contributed by atoms with Crippen molar-refractivity contribution in [3.8, 4) is 0 Å². The second-order valence-corrected chi connectivity index (χ2v) is 9.35. The molecule has 0 fully saturated rings. The number of hydrogen-bond donors (Lipinski definition) is 1. The predicted molar refractivity (Wildman–Crippen MR) is 130 cm³/mol. The Morgan fingerprint density at radius 1 is 0.897 bits per heavy atom. The minimum atomic E-state index is -5.02. The molecule has 2 aromatic heterocycles. The summed E-state index contributed by atoms with van der Waals surface area (Å²) in [5, 5.41) is 2.87. The standard InChI is InChI=1S/C28H22F7N3O/c1-15(2)12-17-14-19(18-6-3-4-8-23(18)37-17)26(39)38-24(25-21(28(33,34)35)7-5-11-36-25)16-9-10-20(22(29)13-16)27(30,31)32/h3-11,13-15,24H,12H2,1-2H3,(H,38,39)/t24-/m0/s1. The van der Waals surface area contributed by atoms with Crippen LogP contribution in [0.2, 0.25) is 0 Å². The van der Waals surface area contributed by atoms with Gasteiger partial charge in [-0.3, -0.25) is 14.8 Å². The number of nitrogens with zero attached hydrogens (tertiary/aromatic N) is 2. The number of benzene rings is 2. The lowest BCUT2D eigenvalue weighted by Gasteiger charge is -2.23. The van der Waals surface area contributed by atoms with Crippen molar-refractivity contribution in [2.45, 2.75) is 38.7 Å². The summed E-state index contributed by atoms with van der Waals surface area (Å²) in [6.45, 7) is 3.90. The maximum Gasteiger partial charge on any atom is 0.419 e. The van der Waals surface area contributed by atoms with Crippen molar-refractivity contribution in [2.24, 2.45) is 5.92 Å². The molecule has 0 aliphatic rings. The molecule has 2 heterocycles. The van der Waals surface area contributed by atoms with Gasteiger partial charge in [-0.05, 0) is 54.3 Å². The maximum atomic E-state index is 14.5. The Morgan fingerprint density at radius 2 is 1.59 bits per heavy atom. The molecule has 0 unspecified atom stereocenters. The lowest BCUT2D eigenvalue weighted by Crippen LogP contribution is -2.32. The molecule has 2 aromatic carbocycles. The van der Waals surface area contributed by atoms with Crippen LogP contribution in [0.5, 0.6) is 0 Å². The van der Waals surface area contributed by atoms with Crippen LogP contribution in [0.15, 0.2) is 66.9 Å². The fourth-order valence-corrected chi connectivity index (χ4v) is 4.29. The van der Waals surface area contributed by atoms with Gasteiger partial charge in [0.2, 0.25) is 0 Å². The number of nitrogens with one attached hydrogen (secondary N) is 1. The molecule has 0 saturated carbocycles. The molecule has 0 radical (unpaired) electrons. The largest absolute Gasteiger partial charge is 0.419 e. The van der Waals surface area contributed by atoms with E-state index in [1.165, 1.54) is 6.07 Å². The van der Waals surface area contributed by atoms with Crippen LogP contribution in [-0.2, 0) is 18.8 Å². The number of carbonyl (C=O) groups excluding carboxylic acids is 1. The van der Waals surface area contributed by atoms with E-state index in [-0.39, 0.29) is 17.0 Å². The average molecular weight is 549 g/mol. The van der Waals surface area contributed by atoms with Crippen molar-refractivity contribution in [1.29, 1.82) is 0 Å². The number of amides is 1. The molecule has 4 aromatic rings. The van der Waals surface area contributed by atoms with E-state index in [4.69, 9.17) is 0 Å². The van der Waals surface area contributed by atoms with Gasteiger partial charge in [0.05, 0.1) is 33.9 Å². The highest BCUT2D eigenvalue weighted by Gasteiger charge is 2.38. The van der Waals surface area contributed by atoms with E-state index in [0.29, 0.717) is 35.2 Å². The normalized spacial score (nSPS) is 13.1. The van der Waals surface area contributed by atoms with Crippen molar-refractivity contribution in [1.82, 2.24) is 15.3 Å². The molecule has 1 atom stereocenters. The fraction of sp³-hybridized carbons (Fsp3) is 0.250. The first kappa shape index (κ1) is 28.0. The highest BCUT2D eigenvalue weighted by atomic mass is 19.4. The Labute approximate surface area is 218 Å². The molecule has 0 aliphatic carbocycles.